The van der Waals surface area contributed by atoms with Crippen molar-refractivity contribution in [1.29, 1.82) is 0 Å². The first kappa shape index (κ1) is 17.7. The Kier molecular flexibility index (Phi) is 6.75. The molecule has 0 unspecified atom stereocenters. The zero-order valence-electron chi connectivity index (χ0n) is 11.8. The number of sulfonamides is 1. The molecule has 0 aliphatic carbocycles. The van der Waals surface area contributed by atoms with Crippen LogP contribution in [-0.4, -0.2) is 21.0 Å². The van der Waals surface area contributed by atoms with Crippen molar-refractivity contribution in [3.63, 3.8) is 0 Å². The van der Waals surface area contributed by atoms with Crippen molar-refractivity contribution >= 4 is 33.2 Å². The quantitative estimate of drug-likeness (QED) is 0.802. The second-order valence-corrected chi connectivity index (χ2v) is 7.29. The Hall–Kier alpha value is -0.330. The predicted molar refractivity (Wildman–Crippen MR) is 83.9 cm³/mol. The summed E-state index contributed by atoms with van der Waals surface area (Å²) in [6, 6.07) is 3.24. The molecule has 4 nitrogen and oxygen atoms in total. The van der Waals surface area contributed by atoms with Crippen molar-refractivity contribution in [2.75, 3.05) is 6.54 Å². The summed E-state index contributed by atoms with van der Waals surface area (Å²) < 4.78 is 26.8. The van der Waals surface area contributed by atoms with Crippen LogP contribution in [0.3, 0.4) is 0 Å². The lowest BCUT2D eigenvalue weighted by Gasteiger charge is -2.14. The molecule has 1 aromatic rings. The Morgan fingerprint density at radius 3 is 2.45 bits per heavy atom. The molecule has 0 aliphatic heterocycles. The maximum atomic E-state index is 12.2. The molecule has 20 heavy (non-hydrogen) atoms. The minimum absolute atomic E-state index is 0.0672. The van der Waals surface area contributed by atoms with E-state index >= 15 is 0 Å². The molecule has 0 heterocycles. The number of nitrogens with one attached hydrogen (secondary N) is 2. The highest BCUT2D eigenvalue weighted by Crippen LogP contribution is 2.31. The number of hydrogen-bond acceptors (Lipinski definition) is 3. The Balaban J connectivity index is 3.14. The first-order chi connectivity index (χ1) is 9.29. The molecule has 114 valence electrons. The fourth-order valence-corrected chi connectivity index (χ4v) is 3.61. The lowest BCUT2D eigenvalue weighted by atomic mass is 10.2. The van der Waals surface area contributed by atoms with Crippen LogP contribution in [0.4, 0.5) is 0 Å². The lowest BCUT2D eigenvalue weighted by Crippen LogP contribution is -2.26. The summed E-state index contributed by atoms with van der Waals surface area (Å²) >= 11 is 12.3. The van der Waals surface area contributed by atoms with Crippen LogP contribution in [-0.2, 0) is 16.6 Å². The fourth-order valence-electron chi connectivity index (χ4n) is 1.57. The van der Waals surface area contributed by atoms with Crippen molar-refractivity contribution in [3.05, 3.63) is 27.7 Å². The number of hydrogen-bond donors (Lipinski definition) is 2. The van der Waals surface area contributed by atoms with Gasteiger partial charge in [-0.05, 0) is 18.6 Å². The minimum atomic E-state index is -3.60. The van der Waals surface area contributed by atoms with Gasteiger partial charge in [0.25, 0.3) is 0 Å². The van der Waals surface area contributed by atoms with E-state index < -0.39 is 10.0 Å². The van der Waals surface area contributed by atoms with Gasteiger partial charge in [0, 0.05) is 29.7 Å². The highest BCUT2D eigenvalue weighted by molar-refractivity contribution is 7.89. The molecule has 0 radical (unpaired) electrons. The molecule has 0 amide bonds. The predicted octanol–water partition coefficient (Wildman–Crippen LogP) is 3.18. The molecule has 0 aromatic heterocycles. The molecule has 0 bridgehead atoms. The van der Waals surface area contributed by atoms with Gasteiger partial charge in [-0.25, -0.2) is 13.1 Å². The molecular weight excluding hydrogens is 319 g/mol. The van der Waals surface area contributed by atoms with Crippen LogP contribution in [0.5, 0.6) is 0 Å². The lowest BCUT2D eigenvalue weighted by molar-refractivity contribution is 0.578. The van der Waals surface area contributed by atoms with Crippen LogP contribution in [0.2, 0.25) is 10.0 Å². The summed E-state index contributed by atoms with van der Waals surface area (Å²) in [7, 11) is -3.60. The average molecular weight is 339 g/mol. The average Bonchev–Trinajstić information content (AvgIpc) is 2.35. The van der Waals surface area contributed by atoms with Gasteiger partial charge < -0.3 is 5.32 Å². The molecule has 0 saturated heterocycles. The van der Waals surface area contributed by atoms with E-state index in [4.69, 9.17) is 23.2 Å². The smallest absolute Gasteiger partial charge is 0.242 e. The topological polar surface area (TPSA) is 58.2 Å². The molecule has 7 heteroatoms. The van der Waals surface area contributed by atoms with E-state index in [2.05, 4.69) is 10.0 Å². The molecule has 0 atom stereocenters. The first-order valence-corrected chi connectivity index (χ1v) is 8.73. The van der Waals surface area contributed by atoms with Crippen LogP contribution >= 0.6 is 23.2 Å². The molecule has 1 aromatic carbocycles. The summed E-state index contributed by atoms with van der Waals surface area (Å²) in [6.07, 6.45) is 0.714. The van der Waals surface area contributed by atoms with E-state index in [1.54, 1.807) is 6.07 Å². The Bertz CT molecular complexity index is 560. The van der Waals surface area contributed by atoms with E-state index in [0.717, 1.165) is 0 Å². The normalized spacial score (nSPS) is 12.1. The summed E-state index contributed by atoms with van der Waals surface area (Å²) in [5.41, 5.74) is 0.599. The van der Waals surface area contributed by atoms with Gasteiger partial charge in [0.1, 0.15) is 4.90 Å². The minimum Gasteiger partial charge on any atom is -0.310 e. The molecule has 1 rings (SSSR count). The first-order valence-electron chi connectivity index (χ1n) is 6.49. The summed E-state index contributed by atoms with van der Waals surface area (Å²) in [6.45, 7) is 6.67. The van der Waals surface area contributed by atoms with Crippen LogP contribution in [0, 0.1) is 0 Å². The van der Waals surface area contributed by atoms with Gasteiger partial charge in [0.05, 0.1) is 5.02 Å². The van der Waals surface area contributed by atoms with E-state index in [1.807, 2.05) is 20.8 Å². The SMILES string of the molecule is CCCNS(=O)(=O)c1ccc(Cl)c(CNC(C)C)c1Cl. The van der Waals surface area contributed by atoms with Gasteiger partial charge in [-0.1, -0.05) is 44.0 Å². The van der Waals surface area contributed by atoms with Crippen LogP contribution in [0.15, 0.2) is 17.0 Å². The molecule has 0 aliphatic rings. The third kappa shape index (κ3) is 4.60. The van der Waals surface area contributed by atoms with Crippen molar-refractivity contribution in [2.45, 2.75) is 44.7 Å². The standard InChI is InChI=1S/C13H20Cl2N2O2S/c1-4-7-17-20(18,19)12-6-5-11(14)10(13(12)15)8-16-9(2)3/h5-6,9,16-17H,4,7-8H2,1-3H3. The maximum absolute atomic E-state index is 12.2. The highest BCUT2D eigenvalue weighted by atomic mass is 35.5. The highest BCUT2D eigenvalue weighted by Gasteiger charge is 2.21. The van der Waals surface area contributed by atoms with Crippen molar-refractivity contribution < 1.29 is 8.42 Å². The third-order valence-electron chi connectivity index (χ3n) is 2.67. The van der Waals surface area contributed by atoms with Gasteiger partial charge in [0.2, 0.25) is 10.0 Å². The van der Waals surface area contributed by atoms with Crippen molar-refractivity contribution in [3.8, 4) is 0 Å². The summed E-state index contributed by atoms with van der Waals surface area (Å²) in [5.74, 6) is 0. The number of halogens is 2. The van der Waals surface area contributed by atoms with Gasteiger partial charge >= 0.3 is 0 Å². The van der Waals surface area contributed by atoms with E-state index in [1.165, 1.54) is 6.07 Å². The molecule has 2 N–H and O–H groups in total. The molecule has 0 spiro atoms. The molecule has 0 saturated carbocycles. The maximum Gasteiger partial charge on any atom is 0.242 e. The van der Waals surface area contributed by atoms with Gasteiger partial charge in [-0.15, -0.1) is 0 Å². The fraction of sp³-hybridized carbons (Fsp3) is 0.538. The number of rotatable bonds is 7. The molecule has 0 fully saturated rings. The van der Waals surface area contributed by atoms with Crippen LogP contribution in [0.1, 0.15) is 32.8 Å². The van der Waals surface area contributed by atoms with E-state index in [-0.39, 0.29) is 16.0 Å². The zero-order chi connectivity index (χ0) is 15.3. The Morgan fingerprint density at radius 2 is 1.90 bits per heavy atom. The van der Waals surface area contributed by atoms with Crippen LogP contribution in [0.25, 0.3) is 0 Å². The largest absolute Gasteiger partial charge is 0.310 e. The second kappa shape index (κ2) is 7.61. The Morgan fingerprint density at radius 1 is 1.25 bits per heavy atom. The van der Waals surface area contributed by atoms with E-state index in [0.29, 0.717) is 30.1 Å². The van der Waals surface area contributed by atoms with Gasteiger partial charge in [-0.3, -0.25) is 0 Å². The van der Waals surface area contributed by atoms with Crippen molar-refractivity contribution in [2.24, 2.45) is 0 Å². The third-order valence-corrected chi connectivity index (χ3v) is 5.07. The van der Waals surface area contributed by atoms with Gasteiger partial charge in [0.15, 0.2) is 0 Å². The van der Waals surface area contributed by atoms with Crippen molar-refractivity contribution in [1.82, 2.24) is 10.0 Å². The zero-order valence-corrected chi connectivity index (χ0v) is 14.2. The summed E-state index contributed by atoms with van der Waals surface area (Å²) in [5, 5.41) is 3.81. The molecular formula is C13H20Cl2N2O2S. The monoisotopic (exact) mass is 338 g/mol. The number of benzene rings is 1. The summed E-state index contributed by atoms with van der Waals surface area (Å²) in [4.78, 5) is 0.0672. The van der Waals surface area contributed by atoms with Crippen LogP contribution < -0.4 is 10.0 Å². The van der Waals surface area contributed by atoms with E-state index in [9.17, 15) is 8.42 Å². The Labute approximate surface area is 130 Å². The van der Waals surface area contributed by atoms with Gasteiger partial charge in [-0.2, -0.15) is 0 Å². The second-order valence-electron chi connectivity index (χ2n) is 4.77.